The molecular formula is C10H11ClN2O3S. The summed E-state index contributed by atoms with van der Waals surface area (Å²) in [6, 6.07) is 3.21. The molecule has 2 amide bonds. The first-order valence-electron chi connectivity index (χ1n) is 5.10. The standard InChI is InChI=1S/C10H11ClN2O3S/c11-8-2-1-7(17-8)9(14)12-6-3-4-13(5-6)10(15)16/h1-2,6H,3-5H2,(H,12,14)(H,15,16). The number of nitrogens with one attached hydrogen (secondary N) is 1. The molecule has 1 aliphatic heterocycles. The molecule has 2 N–H and O–H groups in total. The van der Waals surface area contributed by atoms with E-state index in [1.54, 1.807) is 12.1 Å². The van der Waals surface area contributed by atoms with Gasteiger partial charge >= 0.3 is 6.09 Å². The highest BCUT2D eigenvalue weighted by Crippen LogP contribution is 2.21. The number of likely N-dealkylation sites (tertiary alicyclic amines) is 1. The monoisotopic (exact) mass is 274 g/mol. The van der Waals surface area contributed by atoms with Crippen LogP contribution in [0.25, 0.3) is 0 Å². The molecule has 0 aliphatic carbocycles. The minimum atomic E-state index is -0.944. The maximum Gasteiger partial charge on any atom is 0.407 e. The Bertz CT molecular complexity index is 449. The van der Waals surface area contributed by atoms with Gasteiger partial charge < -0.3 is 15.3 Å². The first-order valence-corrected chi connectivity index (χ1v) is 6.30. The van der Waals surface area contributed by atoms with Crippen molar-refractivity contribution < 1.29 is 14.7 Å². The van der Waals surface area contributed by atoms with Crippen molar-refractivity contribution in [3.8, 4) is 0 Å². The van der Waals surface area contributed by atoms with Crippen LogP contribution in [0.3, 0.4) is 0 Å². The van der Waals surface area contributed by atoms with Gasteiger partial charge in [0.05, 0.1) is 9.21 Å². The van der Waals surface area contributed by atoms with Crippen molar-refractivity contribution in [3.63, 3.8) is 0 Å². The van der Waals surface area contributed by atoms with Gasteiger partial charge in [0.15, 0.2) is 0 Å². The lowest BCUT2D eigenvalue weighted by Crippen LogP contribution is -2.37. The second-order valence-electron chi connectivity index (χ2n) is 3.79. The fourth-order valence-electron chi connectivity index (χ4n) is 1.74. The third-order valence-corrected chi connectivity index (χ3v) is 3.82. The summed E-state index contributed by atoms with van der Waals surface area (Å²) in [5, 5.41) is 11.6. The van der Waals surface area contributed by atoms with Crippen molar-refractivity contribution in [2.45, 2.75) is 12.5 Å². The summed E-state index contributed by atoms with van der Waals surface area (Å²) >= 11 is 6.95. The van der Waals surface area contributed by atoms with E-state index in [4.69, 9.17) is 16.7 Å². The molecule has 1 aromatic heterocycles. The summed E-state index contributed by atoms with van der Waals surface area (Å²) in [4.78, 5) is 24.3. The summed E-state index contributed by atoms with van der Waals surface area (Å²) in [6.45, 7) is 0.811. The molecule has 1 aliphatic rings. The molecule has 1 unspecified atom stereocenters. The maximum absolute atomic E-state index is 11.8. The van der Waals surface area contributed by atoms with Crippen LogP contribution in [-0.2, 0) is 0 Å². The van der Waals surface area contributed by atoms with Crippen molar-refractivity contribution in [1.82, 2.24) is 10.2 Å². The summed E-state index contributed by atoms with van der Waals surface area (Å²) in [7, 11) is 0. The van der Waals surface area contributed by atoms with Crippen LogP contribution in [-0.4, -0.2) is 41.1 Å². The molecule has 0 aromatic carbocycles. The normalized spacial score (nSPS) is 19.4. The number of thiophene rings is 1. The van der Waals surface area contributed by atoms with Crippen LogP contribution in [0.15, 0.2) is 12.1 Å². The lowest BCUT2D eigenvalue weighted by atomic mass is 10.2. The number of carbonyl (C=O) groups excluding carboxylic acids is 1. The van der Waals surface area contributed by atoms with Crippen LogP contribution in [0.4, 0.5) is 4.79 Å². The van der Waals surface area contributed by atoms with Gasteiger partial charge in [0.1, 0.15) is 0 Å². The van der Waals surface area contributed by atoms with E-state index in [9.17, 15) is 9.59 Å². The predicted octanol–water partition coefficient (Wildman–Crippen LogP) is 1.88. The summed E-state index contributed by atoms with van der Waals surface area (Å²) in [5.41, 5.74) is 0. The average molecular weight is 275 g/mol. The molecule has 7 heteroatoms. The zero-order valence-electron chi connectivity index (χ0n) is 8.85. The Morgan fingerprint density at radius 2 is 2.29 bits per heavy atom. The van der Waals surface area contributed by atoms with Crippen LogP contribution in [0.2, 0.25) is 4.34 Å². The van der Waals surface area contributed by atoms with Gasteiger partial charge in [-0.2, -0.15) is 0 Å². The number of rotatable bonds is 2. The van der Waals surface area contributed by atoms with Crippen LogP contribution >= 0.6 is 22.9 Å². The molecule has 0 saturated carbocycles. The second kappa shape index (κ2) is 4.93. The van der Waals surface area contributed by atoms with Gasteiger partial charge in [0, 0.05) is 19.1 Å². The number of hydrogen-bond donors (Lipinski definition) is 2. The Morgan fingerprint density at radius 1 is 1.53 bits per heavy atom. The van der Waals surface area contributed by atoms with E-state index in [1.165, 1.54) is 16.2 Å². The molecule has 1 aromatic rings. The van der Waals surface area contributed by atoms with E-state index in [0.717, 1.165) is 0 Å². The van der Waals surface area contributed by atoms with Crippen LogP contribution in [0.5, 0.6) is 0 Å². The lowest BCUT2D eigenvalue weighted by molar-refractivity contribution is 0.0940. The van der Waals surface area contributed by atoms with Gasteiger partial charge in [-0.25, -0.2) is 4.79 Å². The Balaban J connectivity index is 1.90. The molecule has 1 saturated heterocycles. The van der Waals surface area contributed by atoms with Crippen molar-refractivity contribution in [3.05, 3.63) is 21.3 Å². The van der Waals surface area contributed by atoms with Crippen molar-refractivity contribution in [1.29, 1.82) is 0 Å². The molecule has 1 atom stereocenters. The molecule has 5 nitrogen and oxygen atoms in total. The summed E-state index contributed by atoms with van der Waals surface area (Å²) in [5.74, 6) is -0.195. The third-order valence-electron chi connectivity index (χ3n) is 2.59. The Morgan fingerprint density at radius 3 is 2.82 bits per heavy atom. The van der Waals surface area contributed by atoms with Gasteiger partial charge in [-0.05, 0) is 18.6 Å². The zero-order valence-corrected chi connectivity index (χ0v) is 10.4. The molecule has 17 heavy (non-hydrogen) atoms. The molecule has 0 bridgehead atoms. The van der Waals surface area contributed by atoms with Gasteiger partial charge in [0.2, 0.25) is 0 Å². The van der Waals surface area contributed by atoms with Gasteiger partial charge in [-0.1, -0.05) is 11.6 Å². The minimum absolute atomic E-state index is 0.112. The number of carboxylic acid groups (broad SMARTS) is 1. The zero-order chi connectivity index (χ0) is 12.4. The number of nitrogens with zero attached hydrogens (tertiary/aromatic N) is 1. The van der Waals surface area contributed by atoms with E-state index < -0.39 is 6.09 Å². The van der Waals surface area contributed by atoms with Crippen LogP contribution in [0, 0.1) is 0 Å². The molecule has 2 rings (SSSR count). The highest BCUT2D eigenvalue weighted by Gasteiger charge is 2.27. The van der Waals surface area contributed by atoms with Gasteiger partial charge in [0.25, 0.3) is 5.91 Å². The Labute approximate surface area is 107 Å². The number of amides is 2. The Kier molecular flexibility index (Phi) is 3.54. The molecule has 0 spiro atoms. The molecule has 1 fully saturated rings. The Hall–Kier alpha value is -1.27. The molecule has 0 radical (unpaired) electrons. The molecule has 92 valence electrons. The van der Waals surface area contributed by atoms with Crippen molar-refractivity contribution >= 4 is 34.9 Å². The summed E-state index contributed by atoms with van der Waals surface area (Å²) in [6.07, 6.45) is -0.294. The number of carbonyl (C=O) groups is 2. The first-order chi connectivity index (χ1) is 8.06. The van der Waals surface area contributed by atoms with Gasteiger partial charge in [-0.15, -0.1) is 11.3 Å². The number of hydrogen-bond acceptors (Lipinski definition) is 3. The lowest BCUT2D eigenvalue weighted by Gasteiger charge is -2.13. The highest BCUT2D eigenvalue weighted by molar-refractivity contribution is 7.17. The third kappa shape index (κ3) is 2.89. The van der Waals surface area contributed by atoms with E-state index in [1.807, 2.05) is 0 Å². The van der Waals surface area contributed by atoms with Crippen molar-refractivity contribution in [2.24, 2.45) is 0 Å². The number of halogens is 1. The highest BCUT2D eigenvalue weighted by atomic mass is 35.5. The fraction of sp³-hybridized carbons (Fsp3) is 0.400. The SMILES string of the molecule is O=C(NC1CCN(C(=O)O)C1)c1ccc(Cl)s1. The van der Waals surface area contributed by atoms with Crippen LogP contribution < -0.4 is 5.32 Å². The average Bonchev–Trinajstić information content (AvgIpc) is 2.86. The van der Waals surface area contributed by atoms with E-state index in [0.29, 0.717) is 28.7 Å². The molecule has 2 heterocycles. The minimum Gasteiger partial charge on any atom is -0.465 e. The predicted molar refractivity (Wildman–Crippen MR) is 64.8 cm³/mol. The van der Waals surface area contributed by atoms with Crippen molar-refractivity contribution in [2.75, 3.05) is 13.1 Å². The fourth-order valence-corrected chi connectivity index (χ4v) is 2.69. The quantitative estimate of drug-likeness (QED) is 0.865. The summed E-state index contributed by atoms with van der Waals surface area (Å²) < 4.78 is 0.564. The van der Waals surface area contributed by atoms with E-state index in [-0.39, 0.29) is 11.9 Å². The van der Waals surface area contributed by atoms with E-state index in [2.05, 4.69) is 5.32 Å². The molecular weight excluding hydrogens is 264 g/mol. The largest absolute Gasteiger partial charge is 0.465 e. The smallest absolute Gasteiger partial charge is 0.407 e. The van der Waals surface area contributed by atoms with Crippen LogP contribution in [0.1, 0.15) is 16.1 Å². The second-order valence-corrected chi connectivity index (χ2v) is 5.51. The first kappa shape index (κ1) is 12.2. The van der Waals surface area contributed by atoms with Gasteiger partial charge in [-0.3, -0.25) is 4.79 Å². The topological polar surface area (TPSA) is 69.6 Å². The van der Waals surface area contributed by atoms with E-state index >= 15 is 0 Å². The maximum atomic E-state index is 11.8.